The van der Waals surface area contributed by atoms with Crippen LogP contribution in [0.1, 0.15) is 11.4 Å². The summed E-state index contributed by atoms with van der Waals surface area (Å²) in [6, 6.07) is 14.3. The second-order valence-corrected chi connectivity index (χ2v) is 8.95. The number of hydrogen-bond acceptors (Lipinski definition) is 6. The molecule has 2 aliphatic heterocycles. The van der Waals surface area contributed by atoms with Crippen molar-refractivity contribution in [3.63, 3.8) is 0 Å². The molecule has 1 N–H and O–H groups in total. The highest BCUT2D eigenvalue weighted by Crippen LogP contribution is 2.31. The summed E-state index contributed by atoms with van der Waals surface area (Å²) in [6.45, 7) is 6.25. The molecule has 0 radical (unpaired) electrons. The number of anilines is 1. The number of aromatic nitrogens is 4. The number of aromatic amines is 1. The lowest BCUT2D eigenvalue weighted by Gasteiger charge is -2.37. The van der Waals surface area contributed by atoms with Gasteiger partial charge in [0, 0.05) is 44.1 Å². The Labute approximate surface area is 203 Å². The Bertz CT molecular complexity index is 1360. The maximum Gasteiger partial charge on any atom is 0.320 e. The van der Waals surface area contributed by atoms with Crippen LogP contribution in [0.15, 0.2) is 54.9 Å². The second-order valence-electron chi connectivity index (χ2n) is 8.95. The third-order valence-electron chi connectivity index (χ3n) is 6.63. The minimum atomic E-state index is 0.0508. The van der Waals surface area contributed by atoms with Gasteiger partial charge in [-0.2, -0.15) is 0 Å². The normalized spacial score (nSPS) is 16.1. The van der Waals surface area contributed by atoms with Crippen molar-refractivity contribution in [2.45, 2.75) is 13.5 Å². The standard InChI is InChI=1S/C26H27N7O2/c1-18-29-22-5-3-20(16-23(22)30-18)19-4-6-24-21(15-19)17-33(13-14-35-24)26(34)32-11-9-31(10-12-32)25-27-7-2-8-28-25/h2-8,15-16H,9-14,17H2,1H3,(H,29,30). The fourth-order valence-electron chi connectivity index (χ4n) is 4.81. The zero-order chi connectivity index (χ0) is 23.8. The molecule has 35 heavy (non-hydrogen) atoms. The van der Waals surface area contributed by atoms with Gasteiger partial charge in [-0.3, -0.25) is 0 Å². The first-order valence-corrected chi connectivity index (χ1v) is 11.9. The van der Waals surface area contributed by atoms with Crippen molar-refractivity contribution in [3.8, 4) is 16.9 Å². The van der Waals surface area contributed by atoms with E-state index in [2.05, 4.69) is 49.1 Å². The third-order valence-corrected chi connectivity index (χ3v) is 6.63. The molecule has 2 aromatic carbocycles. The lowest BCUT2D eigenvalue weighted by atomic mass is 10.0. The van der Waals surface area contributed by atoms with Crippen molar-refractivity contribution in [1.29, 1.82) is 0 Å². The molecule has 6 rings (SSSR count). The molecule has 0 saturated carbocycles. The van der Waals surface area contributed by atoms with Crippen molar-refractivity contribution >= 4 is 23.0 Å². The number of H-pyrrole nitrogens is 1. The van der Waals surface area contributed by atoms with E-state index < -0.39 is 0 Å². The average molecular weight is 470 g/mol. The van der Waals surface area contributed by atoms with Gasteiger partial charge in [-0.05, 0) is 48.4 Å². The van der Waals surface area contributed by atoms with Crippen LogP contribution in [0, 0.1) is 6.92 Å². The van der Waals surface area contributed by atoms with Gasteiger partial charge in [-0.25, -0.2) is 19.7 Å². The molecule has 4 heterocycles. The molecular weight excluding hydrogens is 442 g/mol. The summed E-state index contributed by atoms with van der Waals surface area (Å²) in [5, 5.41) is 0. The number of carbonyl (C=O) groups excluding carboxylic acids is 1. The van der Waals surface area contributed by atoms with Gasteiger partial charge in [0.15, 0.2) is 0 Å². The van der Waals surface area contributed by atoms with Crippen LogP contribution >= 0.6 is 0 Å². The fourth-order valence-corrected chi connectivity index (χ4v) is 4.81. The van der Waals surface area contributed by atoms with Gasteiger partial charge in [0.1, 0.15) is 18.2 Å². The maximum absolute atomic E-state index is 13.4. The molecule has 178 valence electrons. The predicted molar refractivity (Wildman–Crippen MR) is 133 cm³/mol. The number of ether oxygens (including phenoxy) is 1. The number of nitrogens with zero attached hydrogens (tertiary/aromatic N) is 6. The van der Waals surface area contributed by atoms with Crippen LogP contribution in [0.2, 0.25) is 0 Å². The molecule has 2 aromatic heterocycles. The highest BCUT2D eigenvalue weighted by atomic mass is 16.5. The molecule has 9 heteroatoms. The van der Waals surface area contributed by atoms with Crippen molar-refractivity contribution in [2.75, 3.05) is 44.2 Å². The third kappa shape index (κ3) is 4.25. The molecular formula is C26H27N7O2. The first-order valence-electron chi connectivity index (χ1n) is 11.9. The molecule has 1 saturated heterocycles. The quantitative estimate of drug-likeness (QED) is 0.484. The van der Waals surface area contributed by atoms with Crippen LogP contribution in [0.4, 0.5) is 10.7 Å². The minimum Gasteiger partial charge on any atom is -0.491 e. The van der Waals surface area contributed by atoms with Gasteiger partial charge in [0.05, 0.1) is 24.1 Å². The summed E-state index contributed by atoms with van der Waals surface area (Å²) in [7, 11) is 0. The van der Waals surface area contributed by atoms with E-state index in [1.165, 1.54) is 0 Å². The molecule has 9 nitrogen and oxygen atoms in total. The lowest BCUT2D eigenvalue weighted by Crippen LogP contribution is -2.53. The van der Waals surface area contributed by atoms with Crippen molar-refractivity contribution < 1.29 is 9.53 Å². The minimum absolute atomic E-state index is 0.0508. The Morgan fingerprint density at radius 1 is 0.943 bits per heavy atom. The van der Waals surface area contributed by atoms with E-state index in [0.29, 0.717) is 38.7 Å². The summed E-state index contributed by atoms with van der Waals surface area (Å²) < 4.78 is 6.00. The summed E-state index contributed by atoms with van der Waals surface area (Å²) >= 11 is 0. The number of imidazole rings is 1. The SMILES string of the molecule is Cc1nc2ccc(-c3ccc4c(c3)CN(C(=O)N3CCN(c5ncccn5)CC3)CCO4)cc2[nH]1. The van der Waals surface area contributed by atoms with Gasteiger partial charge in [-0.1, -0.05) is 12.1 Å². The highest BCUT2D eigenvalue weighted by Gasteiger charge is 2.28. The van der Waals surface area contributed by atoms with E-state index >= 15 is 0 Å². The van der Waals surface area contributed by atoms with E-state index in [0.717, 1.165) is 52.4 Å². The van der Waals surface area contributed by atoms with Crippen molar-refractivity contribution in [2.24, 2.45) is 0 Å². The number of rotatable bonds is 2. The molecule has 0 unspecified atom stereocenters. The topological polar surface area (TPSA) is 90.5 Å². The summed E-state index contributed by atoms with van der Waals surface area (Å²) in [5.74, 6) is 2.46. The van der Waals surface area contributed by atoms with Crippen LogP contribution in [0.5, 0.6) is 5.75 Å². The number of aryl methyl sites for hydroxylation is 1. The van der Waals surface area contributed by atoms with Gasteiger partial charge >= 0.3 is 6.03 Å². The van der Waals surface area contributed by atoms with Crippen LogP contribution in [-0.4, -0.2) is 75.1 Å². The number of nitrogens with one attached hydrogen (secondary N) is 1. The van der Waals surface area contributed by atoms with Crippen molar-refractivity contribution in [3.05, 3.63) is 66.2 Å². The van der Waals surface area contributed by atoms with E-state index in [-0.39, 0.29) is 6.03 Å². The van der Waals surface area contributed by atoms with Crippen LogP contribution in [-0.2, 0) is 6.54 Å². The zero-order valence-corrected chi connectivity index (χ0v) is 19.6. The summed E-state index contributed by atoms with van der Waals surface area (Å²) in [4.78, 5) is 35.8. The molecule has 0 spiro atoms. The zero-order valence-electron chi connectivity index (χ0n) is 19.6. The van der Waals surface area contributed by atoms with Gasteiger partial charge in [0.25, 0.3) is 0 Å². The van der Waals surface area contributed by atoms with E-state index in [1.807, 2.05) is 34.9 Å². The lowest BCUT2D eigenvalue weighted by molar-refractivity contribution is 0.143. The Hall–Kier alpha value is -4.14. The fraction of sp³-hybridized carbons (Fsp3) is 0.308. The molecule has 0 aliphatic carbocycles. The largest absolute Gasteiger partial charge is 0.491 e. The first-order chi connectivity index (χ1) is 17.1. The van der Waals surface area contributed by atoms with Crippen LogP contribution < -0.4 is 9.64 Å². The number of fused-ring (bicyclic) bond motifs is 2. The van der Waals surface area contributed by atoms with E-state index in [4.69, 9.17) is 4.74 Å². The molecule has 1 fully saturated rings. The molecule has 4 aromatic rings. The smallest absolute Gasteiger partial charge is 0.320 e. The second kappa shape index (κ2) is 8.90. The van der Waals surface area contributed by atoms with Gasteiger partial charge in [-0.15, -0.1) is 0 Å². The predicted octanol–water partition coefficient (Wildman–Crippen LogP) is 3.46. The molecule has 0 bridgehead atoms. The Kier molecular flexibility index (Phi) is 5.44. The number of hydrogen-bond donors (Lipinski definition) is 1. The maximum atomic E-state index is 13.4. The molecule has 2 aliphatic rings. The van der Waals surface area contributed by atoms with Gasteiger partial charge < -0.3 is 24.4 Å². The van der Waals surface area contributed by atoms with Crippen molar-refractivity contribution in [1.82, 2.24) is 29.7 Å². The average Bonchev–Trinajstić information content (AvgIpc) is 3.14. The number of urea groups is 1. The first kappa shape index (κ1) is 21.4. The number of piperazine rings is 1. The number of benzene rings is 2. The van der Waals surface area contributed by atoms with E-state index in [9.17, 15) is 4.79 Å². The number of amides is 2. The Morgan fingerprint density at radius 3 is 2.54 bits per heavy atom. The molecule has 0 atom stereocenters. The van der Waals surface area contributed by atoms with Crippen LogP contribution in [0.25, 0.3) is 22.2 Å². The van der Waals surface area contributed by atoms with E-state index in [1.54, 1.807) is 12.4 Å². The Morgan fingerprint density at radius 2 is 1.71 bits per heavy atom. The Balaban J connectivity index is 1.18. The number of carbonyl (C=O) groups is 1. The summed E-state index contributed by atoms with van der Waals surface area (Å²) in [6.07, 6.45) is 3.49. The summed E-state index contributed by atoms with van der Waals surface area (Å²) in [5.41, 5.74) is 5.19. The monoisotopic (exact) mass is 469 g/mol. The van der Waals surface area contributed by atoms with Crippen LogP contribution in [0.3, 0.4) is 0 Å². The van der Waals surface area contributed by atoms with Gasteiger partial charge in [0.2, 0.25) is 5.95 Å². The molecule has 2 amide bonds. The highest BCUT2D eigenvalue weighted by molar-refractivity contribution is 5.82.